The lowest BCUT2D eigenvalue weighted by Crippen LogP contribution is -2.47. The van der Waals surface area contributed by atoms with Gasteiger partial charge in [-0.25, -0.2) is 4.57 Å². The van der Waals surface area contributed by atoms with Crippen LogP contribution in [0.15, 0.2) is 12.2 Å². The molecule has 10 heteroatoms. The SMILES string of the molecule is CCCCCCCCCCCC/C=C/C(OC(=O)CCCCCCCCCCCCCCCCCCCCC)C(COP(=O)(O)OCC[N+](C)(C)C)NC(=O)CCCCCCCCCCCCCCCCCCCCCCCCCCC. The van der Waals surface area contributed by atoms with Gasteiger partial charge in [0.05, 0.1) is 33.8 Å². The van der Waals surface area contributed by atoms with Gasteiger partial charge in [0, 0.05) is 12.8 Å². The van der Waals surface area contributed by atoms with E-state index in [4.69, 9.17) is 13.8 Å². The number of ether oxygens (including phenoxy) is 1. The zero-order chi connectivity index (χ0) is 60.0. The smallest absolute Gasteiger partial charge is 0.456 e. The van der Waals surface area contributed by atoms with Gasteiger partial charge in [0.1, 0.15) is 19.3 Å². The summed E-state index contributed by atoms with van der Waals surface area (Å²) >= 11 is 0. The number of carbonyl (C=O) groups excluding carboxylic acids is 2. The second-order valence-electron chi connectivity index (χ2n) is 26.5. The first kappa shape index (κ1) is 80.8. The van der Waals surface area contributed by atoms with Crippen LogP contribution in [-0.2, 0) is 27.9 Å². The highest BCUT2D eigenvalue weighted by molar-refractivity contribution is 7.47. The maximum absolute atomic E-state index is 13.6. The van der Waals surface area contributed by atoms with Gasteiger partial charge in [0.2, 0.25) is 5.91 Å². The summed E-state index contributed by atoms with van der Waals surface area (Å²) in [5.41, 5.74) is 0. The highest BCUT2D eigenvalue weighted by Gasteiger charge is 2.30. The van der Waals surface area contributed by atoms with Crippen LogP contribution in [0.3, 0.4) is 0 Å². The Morgan fingerprint density at radius 3 is 1.00 bits per heavy atom. The van der Waals surface area contributed by atoms with Crippen molar-refractivity contribution in [3.63, 3.8) is 0 Å². The van der Waals surface area contributed by atoms with Gasteiger partial charge < -0.3 is 19.4 Å². The monoisotopic (exact) mass is 1180 g/mol. The van der Waals surface area contributed by atoms with Crippen molar-refractivity contribution in [2.24, 2.45) is 0 Å². The number of phosphoric ester groups is 1. The van der Waals surface area contributed by atoms with Crippen LogP contribution < -0.4 is 5.32 Å². The maximum Gasteiger partial charge on any atom is 0.472 e. The molecule has 0 aromatic carbocycles. The summed E-state index contributed by atoms with van der Waals surface area (Å²) in [4.78, 5) is 37.9. The Bertz CT molecular complexity index is 1410. The van der Waals surface area contributed by atoms with Crippen molar-refractivity contribution < 1.29 is 37.3 Å². The number of phosphoric acid groups is 1. The van der Waals surface area contributed by atoms with Crippen LogP contribution in [-0.4, -0.2) is 74.3 Å². The average molecular weight is 1180 g/mol. The molecule has 82 heavy (non-hydrogen) atoms. The van der Waals surface area contributed by atoms with Crippen molar-refractivity contribution in [3.05, 3.63) is 12.2 Å². The third kappa shape index (κ3) is 63.3. The van der Waals surface area contributed by atoms with E-state index in [1.165, 1.54) is 295 Å². The third-order valence-corrected chi connectivity index (χ3v) is 18.0. The standard InChI is InChI=1S/C72H143N2O7P/c1-7-10-13-16-19-22-25-28-30-32-34-35-36-37-38-39-41-42-44-46-49-52-55-58-61-64-71(75)73-69(68-80-82(77,78)79-67-66-74(4,5)6)70(63-60-57-54-51-48-27-24-21-18-15-12-9-3)81-72(76)65-62-59-56-53-50-47-45-43-40-33-31-29-26-23-20-17-14-11-8-2/h60,63,69-70H,7-59,61-62,64-68H2,1-6H3,(H-,73,75,77,78)/p+1/b63-60+. The Morgan fingerprint density at radius 2 is 0.695 bits per heavy atom. The molecule has 0 fully saturated rings. The number of amides is 1. The van der Waals surface area contributed by atoms with E-state index in [1.807, 2.05) is 27.2 Å². The molecule has 0 rings (SSSR count). The molecule has 0 aromatic heterocycles. The molecule has 0 aromatic rings. The maximum atomic E-state index is 13.6. The Morgan fingerprint density at radius 1 is 0.415 bits per heavy atom. The minimum Gasteiger partial charge on any atom is -0.456 e. The number of nitrogens with zero attached hydrogens (tertiary/aromatic N) is 1. The average Bonchev–Trinajstić information content (AvgIpc) is 3.44. The minimum atomic E-state index is -4.45. The summed E-state index contributed by atoms with van der Waals surface area (Å²) in [6.07, 6.45) is 75.2. The van der Waals surface area contributed by atoms with Gasteiger partial charge in [-0.3, -0.25) is 18.6 Å². The highest BCUT2D eigenvalue weighted by Crippen LogP contribution is 2.43. The van der Waals surface area contributed by atoms with Crippen molar-refractivity contribution in [2.45, 2.75) is 399 Å². The summed E-state index contributed by atoms with van der Waals surface area (Å²) in [6.45, 7) is 7.10. The predicted molar refractivity (Wildman–Crippen MR) is 356 cm³/mol. The minimum absolute atomic E-state index is 0.0461. The summed E-state index contributed by atoms with van der Waals surface area (Å²) in [6, 6.07) is -0.841. The molecule has 3 unspecified atom stereocenters. The van der Waals surface area contributed by atoms with Crippen LogP contribution in [0, 0.1) is 0 Å². The molecule has 2 N–H and O–H groups in total. The first-order valence-electron chi connectivity index (χ1n) is 36.5. The number of allylic oxidation sites excluding steroid dienone is 1. The van der Waals surface area contributed by atoms with Crippen molar-refractivity contribution >= 4 is 19.7 Å². The van der Waals surface area contributed by atoms with Crippen LogP contribution in [0.5, 0.6) is 0 Å². The fourth-order valence-electron chi connectivity index (χ4n) is 11.4. The number of likely N-dealkylation sites (N-methyl/N-ethyl adjacent to an activating group) is 1. The number of esters is 1. The summed E-state index contributed by atoms with van der Waals surface area (Å²) < 4.78 is 30.9. The number of hydrogen-bond donors (Lipinski definition) is 2. The van der Waals surface area contributed by atoms with Gasteiger partial charge in [0.15, 0.2) is 0 Å². The molecule has 0 aliphatic carbocycles. The van der Waals surface area contributed by atoms with E-state index in [2.05, 4.69) is 32.2 Å². The molecule has 0 spiro atoms. The number of quaternary nitrogens is 1. The number of rotatable bonds is 68. The Hall–Kier alpha value is -1.25. The molecule has 0 aliphatic rings. The second-order valence-corrected chi connectivity index (χ2v) is 27.9. The van der Waals surface area contributed by atoms with Gasteiger partial charge in [0.25, 0.3) is 0 Å². The number of nitrogens with one attached hydrogen (secondary N) is 1. The molecule has 0 heterocycles. The van der Waals surface area contributed by atoms with Gasteiger partial charge >= 0.3 is 13.8 Å². The quantitative estimate of drug-likeness (QED) is 0.0205. The fraction of sp³-hybridized carbons (Fsp3) is 0.944. The van der Waals surface area contributed by atoms with Crippen LogP contribution >= 0.6 is 7.82 Å². The van der Waals surface area contributed by atoms with E-state index in [-0.39, 0.29) is 25.1 Å². The van der Waals surface area contributed by atoms with Gasteiger partial charge in [-0.15, -0.1) is 0 Å². The van der Waals surface area contributed by atoms with Gasteiger partial charge in [-0.1, -0.05) is 354 Å². The largest absolute Gasteiger partial charge is 0.472 e. The first-order chi connectivity index (χ1) is 39.9. The Balaban J connectivity index is 4.98. The number of hydrogen-bond acceptors (Lipinski definition) is 6. The zero-order valence-corrected chi connectivity index (χ0v) is 56.9. The first-order valence-corrected chi connectivity index (χ1v) is 38.0. The lowest BCUT2D eigenvalue weighted by atomic mass is 10.0. The fourth-order valence-corrected chi connectivity index (χ4v) is 12.1. The lowest BCUT2D eigenvalue weighted by Gasteiger charge is -2.27. The second kappa shape index (κ2) is 62.8. The Kier molecular flexibility index (Phi) is 61.8. The topological polar surface area (TPSA) is 111 Å². The van der Waals surface area contributed by atoms with Crippen LogP contribution in [0.4, 0.5) is 0 Å². The van der Waals surface area contributed by atoms with Crippen LogP contribution in [0.1, 0.15) is 387 Å². The highest BCUT2D eigenvalue weighted by atomic mass is 31.2. The van der Waals surface area contributed by atoms with Crippen LogP contribution in [0.25, 0.3) is 0 Å². The number of carbonyl (C=O) groups is 2. The van der Waals surface area contributed by atoms with Crippen molar-refractivity contribution in [1.29, 1.82) is 0 Å². The molecular formula is C72H144N2O7P+. The van der Waals surface area contributed by atoms with Gasteiger partial charge in [-0.2, -0.15) is 0 Å². The molecule has 0 saturated carbocycles. The molecule has 3 atom stereocenters. The summed E-state index contributed by atoms with van der Waals surface area (Å²) in [5.74, 6) is -0.476. The number of unbranched alkanes of at least 4 members (excludes halogenated alkanes) is 52. The summed E-state index contributed by atoms with van der Waals surface area (Å²) in [7, 11) is 1.52. The molecule has 488 valence electrons. The van der Waals surface area contributed by atoms with E-state index in [0.29, 0.717) is 23.9 Å². The van der Waals surface area contributed by atoms with Crippen molar-refractivity contribution in [2.75, 3.05) is 40.9 Å². The zero-order valence-electron chi connectivity index (χ0n) is 56.0. The molecular weight excluding hydrogens is 1040 g/mol. The van der Waals surface area contributed by atoms with E-state index >= 15 is 0 Å². The molecule has 0 aliphatic heterocycles. The van der Waals surface area contributed by atoms with Crippen molar-refractivity contribution in [3.8, 4) is 0 Å². The van der Waals surface area contributed by atoms with Crippen molar-refractivity contribution in [1.82, 2.24) is 5.32 Å². The Labute approximate surface area is 511 Å². The molecule has 0 saturated heterocycles. The van der Waals surface area contributed by atoms with Crippen LogP contribution in [0.2, 0.25) is 0 Å². The predicted octanol–water partition coefficient (Wildman–Crippen LogP) is 23.1. The molecule has 0 bridgehead atoms. The molecule has 1 amide bonds. The third-order valence-electron chi connectivity index (χ3n) is 17.0. The molecule has 9 nitrogen and oxygen atoms in total. The molecule has 0 radical (unpaired) electrons. The van der Waals surface area contributed by atoms with E-state index in [9.17, 15) is 19.0 Å². The van der Waals surface area contributed by atoms with E-state index in [0.717, 1.165) is 57.8 Å². The van der Waals surface area contributed by atoms with E-state index in [1.54, 1.807) is 0 Å². The lowest BCUT2D eigenvalue weighted by molar-refractivity contribution is -0.870. The van der Waals surface area contributed by atoms with Gasteiger partial charge in [-0.05, 0) is 31.8 Å². The normalized spacial score (nSPS) is 13.5. The van der Waals surface area contributed by atoms with E-state index < -0.39 is 20.0 Å². The summed E-state index contributed by atoms with van der Waals surface area (Å²) in [5, 5.41) is 3.08.